The molecule has 1 aromatic rings. The molecule has 0 aliphatic heterocycles. The third-order valence-corrected chi connectivity index (χ3v) is 2.68. The Labute approximate surface area is 94.8 Å². The van der Waals surface area contributed by atoms with Crippen LogP contribution in [0, 0.1) is 0 Å². The van der Waals surface area contributed by atoms with Crippen LogP contribution in [0.1, 0.15) is 10.4 Å². The first-order valence-corrected chi connectivity index (χ1v) is 5.27. The molecule has 0 unspecified atom stereocenters. The van der Waals surface area contributed by atoms with Gasteiger partial charge in [-0.1, -0.05) is 11.8 Å². The maximum Gasteiger partial charge on any atom is 0.454 e. The average molecular weight is 250 g/mol. The largest absolute Gasteiger partial charge is 0.454 e. The van der Waals surface area contributed by atoms with E-state index in [2.05, 4.69) is 0 Å². The molecule has 16 heavy (non-hydrogen) atoms. The number of thioether (sulfide) groups is 1. The Kier molecular flexibility index (Phi) is 4.37. The quantitative estimate of drug-likeness (QED) is 0.466. The van der Waals surface area contributed by atoms with Crippen molar-refractivity contribution < 1.29 is 22.7 Å². The number of rotatable bonds is 4. The van der Waals surface area contributed by atoms with Crippen molar-refractivity contribution in [1.82, 2.24) is 0 Å². The number of ketones is 1. The summed E-state index contributed by atoms with van der Waals surface area (Å²) in [6.45, 7) is 0. The summed E-state index contributed by atoms with van der Waals surface area (Å²) < 4.78 is 41.0. The summed E-state index contributed by atoms with van der Waals surface area (Å²) in [5.41, 5.74) is -0.353. The van der Waals surface area contributed by atoms with Gasteiger partial charge in [0.25, 0.3) is 5.78 Å². The molecule has 0 atom stereocenters. The minimum absolute atomic E-state index is 0.353. The Morgan fingerprint density at radius 3 is 2.31 bits per heavy atom. The molecular formula is C10H9F3O2S. The van der Waals surface area contributed by atoms with Gasteiger partial charge in [0.15, 0.2) is 0 Å². The van der Waals surface area contributed by atoms with Crippen LogP contribution in [-0.4, -0.2) is 25.0 Å². The number of carbonyl (C=O) groups excluding carboxylic acids is 1. The monoisotopic (exact) mass is 250 g/mol. The molecule has 0 saturated heterocycles. The normalized spacial score (nSPS) is 11.5. The van der Waals surface area contributed by atoms with Crippen LogP contribution < -0.4 is 0 Å². The lowest BCUT2D eigenvalue weighted by atomic mass is 10.1. The Hall–Kier alpha value is -1.01. The molecule has 0 bridgehead atoms. The molecule has 1 rings (SSSR count). The van der Waals surface area contributed by atoms with E-state index in [1.54, 1.807) is 0 Å². The van der Waals surface area contributed by atoms with Crippen LogP contribution in [0.15, 0.2) is 29.2 Å². The zero-order valence-corrected chi connectivity index (χ0v) is 9.19. The summed E-state index contributed by atoms with van der Waals surface area (Å²) in [6, 6.07) is 5.24. The van der Waals surface area contributed by atoms with Crippen LogP contribution in [0.3, 0.4) is 0 Å². The Bertz CT molecular complexity index is 359. The first-order chi connectivity index (χ1) is 7.45. The minimum Gasteiger partial charge on any atom is -0.374 e. The fourth-order valence-electron chi connectivity index (χ4n) is 0.993. The molecule has 0 amide bonds. The van der Waals surface area contributed by atoms with Gasteiger partial charge in [-0.3, -0.25) is 4.79 Å². The van der Waals surface area contributed by atoms with Gasteiger partial charge >= 0.3 is 6.18 Å². The predicted molar refractivity (Wildman–Crippen MR) is 54.6 cm³/mol. The van der Waals surface area contributed by atoms with Gasteiger partial charge in [0.2, 0.25) is 0 Å². The fraction of sp³-hybridized carbons (Fsp3) is 0.300. The number of Topliss-reactive ketones (excluding diaryl/α,β-unsaturated/α-hetero) is 1. The number of benzene rings is 1. The van der Waals surface area contributed by atoms with E-state index in [1.807, 2.05) is 0 Å². The van der Waals surface area contributed by atoms with Gasteiger partial charge < -0.3 is 4.74 Å². The molecule has 0 radical (unpaired) electrons. The number of alkyl halides is 3. The number of methoxy groups -OCH3 is 1. The second-order valence-corrected chi connectivity index (χ2v) is 3.90. The molecule has 88 valence electrons. The highest BCUT2D eigenvalue weighted by atomic mass is 32.2. The van der Waals surface area contributed by atoms with Gasteiger partial charge in [-0.05, 0) is 24.3 Å². The Balaban J connectivity index is 2.75. The van der Waals surface area contributed by atoms with E-state index < -0.39 is 12.0 Å². The van der Waals surface area contributed by atoms with Crippen molar-refractivity contribution in [3.8, 4) is 0 Å². The molecule has 0 saturated carbocycles. The topological polar surface area (TPSA) is 26.3 Å². The van der Waals surface area contributed by atoms with E-state index in [4.69, 9.17) is 4.74 Å². The zero-order chi connectivity index (χ0) is 12.2. The number of ether oxygens (including phenoxy) is 1. The number of halogens is 3. The molecule has 2 nitrogen and oxygen atoms in total. The molecule has 0 spiro atoms. The van der Waals surface area contributed by atoms with Crippen molar-refractivity contribution in [3.05, 3.63) is 29.8 Å². The van der Waals surface area contributed by atoms with Crippen molar-refractivity contribution in [2.75, 3.05) is 13.0 Å². The molecule has 6 heteroatoms. The van der Waals surface area contributed by atoms with Gasteiger partial charge in [-0.25, -0.2) is 0 Å². The third kappa shape index (κ3) is 3.53. The molecule has 1 aromatic carbocycles. The molecule has 0 heterocycles. The standard InChI is InChI=1S/C10H9F3O2S/c1-15-6-16-8-4-2-7(3-5-8)9(14)10(11,12)13/h2-5H,6H2,1H3. The van der Waals surface area contributed by atoms with E-state index in [0.29, 0.717) is 5.94 Å². The summed E-state index contributed by atoms with van der Waals surface area (Å²) in [5, 5.41) is 0. The van der Waals surface area contributed by atoms with E-state index in [1.165, 1.54) is 31.0 Å². The second-order valence-electron chi connectivity index (χ2n) is 2.90. The lowest BCUT2D eigenvalue weighted by molar-refractivity contribution is -0.0885. The molecule has 0 N–H and O–H groups in total. The van der Waals surface area contributed by atoms with Crippen molar-refractivity contribution in [2.45, 2.75) is 11.1 Å². The van der Waals surface area contributed by atoms with E-state index in [0.717, 1.165) is 17.0 Å². The lowest BCUT2D eigenvalue weighted by Crippen LogP contribution is -2.22. The van der Waals surface area contributed by atoms with Crippen molar-refractivity contribution >= 4 is 17.5 Å². The van der Waals surface area contributed by atoms with Gasteiger partial charge in [0.1, 0.15) is 0 Å². The van der Waals surface area contributed by atoms with Crippen LogP contribution >= 0.6 is 11.8 Å². The summed E-state index contributed by atoms with van der Waals surface area (Å²) in [6.07, 6.45) is -4.82. The highest BCUT2D eigenvalue weighted by molar-refractivity contribution is 7.99. The second kappa shape index (κ2) is 5.36. The number of hydrogen-bond acceptors (Lipinski definition) is 3. The van der Waals surface area contributed by atoms with Crippen LogP contribution in [0.25, 0.3) is 0 Å². The smallest absolute Gasteiger partial charge is 0.374 e. The highest BCUT2D eigenvalue weighted by Gasteiger charge is 2.39. The molecule has 0 aliphatic rings. The van der Waals surface area contributed by atoms with E-state index >= 15 is 0 Å². The molecular weight excluding hydrogens is 241 g/mol. The maximum absolute atomic E-state index is 12.1. The highest BCUT2D eigenvalue weighted by Crippen LogP contribution is 2.24. The van der Waals surface area contributed by atoms with Crippen LogP contribution in [0.4, 0.5) is 13.2 Å². The first-order valence-electron chi connectivity index (χ1n) is 4.28. The lowest BCUT2D eigenvalue weighted by Gasteiger charge is -2.05. The summed E-state index contributed by atoms with van der Waals surface area (Å²) in [5.74, 6) is -1.41. The Morgan fingerprint density at radius 1 is 1.31 bits per heavy atom. The molecule has 0 fully saturated rings. The predicted octanol–water partition coefficient (Wildman–Crippen LogP) is 3.13. The Morgan fingerprint density at radius 2 is 1.88 bits per heavy atom. The van der Waals surface area contributed by atoms with Gasteiger partial charge in [-0.2, -0.15) is 13.2 Å². The summed E-state index contributed by atoms with van der Waals surface area (Å²) >= 11 is 1.33. The third-order valence-electron chi connectivity index (χ3n) is 1.72. The van der Waals surface area contributed by atoms with Crippen LogP contribution in [0.5, 0.6) is 0 Å². The van der Waals surface area contributed by atoms with E-state index in [-0.39, 0.29) is 5.56 Å². The maximum atomic E-state index is 12.1. The van der Waals surface area contributed by atoms with Gasteiger partial charge in [0.05, 0.1) is 5.94 Å². The van der Waals surface area contributed by atoms with Gasteiger partial charge in [-0.15, -0.1) is 0 Å². The fourth-order valence-corrected chi connectivity index (χ4v) is 1.58. The first kappa shape index (κ1) is 13.1. The van der Waals surface area contributed by atoms with Crippen molar-refractivity contribution in [1.29, 1.82) is 0 Å². The van der Waals surface area contributed by atoms with E-state index in [9.17, 15) is 18.0 Å². The molecule has 0 aliphatic carbocycles. The van der Waals surface area contributed by atoms with Gasteiger partial charge in [0, 0.05) is 17.6 Å². The van der Waals surface area contributed by atoms with Crippen LogP contribution in [0.2, 0.25) is 0 Å². The summed E-state index contributed by atoms with van der Waals surface area (Å²) in [4.78, 5) is 11.6. The van der Waals surface area contributed by atoms with Crippen molar-refractivity contribution in [2.24, 2.45) is 0 Å². The minimum atomic E-state index is -4.82. The average Bonchev–Trinajstić information content (AvgIpc) is 2.25. The zero-order valence-electron chi connectivity index (χ0n) is 8.38. The van der Waals surface area contributed by atoms with Crippen LogP contribution in [-0.2, 0) is 4.74 Å². The SMILES string of the molecule is COCSc1ccc(C(=O)C(F)(F)F)cc1. The molecule has 0 aromatic heterocycles. The van der Waals surface area contributed by atoms with Crippen molar-refractivity contribution in [3.63, 3.8) is 0 Å². The number of hydrogen-bond donors (Lipinski definition) is 0. The summed E-state index contributed by atoms with van der Waals surface area (Å²) in [7, 11) is 1.52. The number of carbonyl (C=O) groups is 1.